The maximum absolute atomic E-state index is 16.6. The zero-order valence-corrected chi connectivity index (χ0v) is 52.5. The van der Waals surface area contributed by atoms with Crippen molar-refractivity contribution >= 4 is 84.7 Å². The van der Waals surface area contributed by atoms with Gasteiger partial charge in [0.1, 0.15) is 30.2 Å². The fraction of sp³-hybridized carbons (Fsp3) is 0.394. The topological polar surface area (TPSA) is 379 Å². The van der Waals surface area contributed by atoms with E-state index in [9.17, 15) is 19.2 Å². The van der Waals surface area contributed by atoms with Gasteiger partial charge in [-0.2, -0.15) is 0 Å². The predicted molar refractivity (Wildman–Crippen MR) is 363 cm³/mol. The third kappa shape index (κ3) is 19.0. The Kier molecular flexibility index (Phi) is 25.8. The van der Waals surface area contributed by atoms with Gasteiger partial charge < -0.3 is 76.3 Å². The lowest BCUT2D eigenvalue weighted by molar-refractivity contribution is -0.137. The first-order valence-electron chi connectivity index (χ1n) is 32.3. The number of nitrogens with one attached hydrogen (secondary N) is 8. The molecule has 0 aliphatic rings. The number of amides is 7. The number of fused-ring (bicyclic) bond motifs is 4. The zero-order chi connectivity index (χ0) is 65.4. The van der Waals surface area contributed by atoms with Crippen LogP contribution in [0.25, 0.3) is 43.4 Å². The molecule has 21 heteroatoms. The molecule has 8 rings (SSSR count). The zero-order valence-electron chi connectivity index (χ0n) is 52.5. The molecule has 8 aromatic rings. The highest BCUT2D eigenvalue weighted by Gasteiger charge is 2.43. The third-order valence-electron chi connectivity index (χ3n) is 17.3. The van der Waals surface area contributed by atoms with Crippen LogP contribution in [0.1, 0.15) is 99.3 Å². The Bertz CT molecular complexity index is 3690. The number of aromatic amines is 2. The van der Waals surface area contributed by atoms with Crippen LogP contribution in [0.2, 0.25) is 0 Å². The minimum absolute atomic E-state index is 0.00101. The number of primary amides is 1. The van der Waals surface area contributed by atoms with Gasteiger partial charge in [0.2, 0.25) is 41.4 Å². The van der Waals surface area contributed by atoms with Crippen molar-refractivity contribution < 1.29 is 33.6 Å². The Morgan fingerprint density at radius 1 is 0.413 bits per heavy atom. The fourth-order valence-electron chi connectivity index (χ4n) is 12.1. The lowest BCUT2D eigenvalue weighted by atomic mass is 9.74. The van der Waals surface area contributed by atoms with E-state index in [0.29, 0.717) is 89.5 Å². The van der Waals surface area contributed by atoms with Crippen molar-refractivity contribution in [2.45, 2.75) is 139 Å². The van der Waals surface area contributed by atoms with Crippen LogP contribution in [0.15, 0.2) is 146 Å². The molecule has 6 atom stereocenters. The molecule has 0 saturated carbocycles. The monoisotopic (exact) mass is 1250 g/mol. The summed E-state index contributed by atoms with van der Waals surface area (Å²) in [6, 6.07) is 36.0. The van der Waals surface area contributed by atoms with Crippen LogP contribution in [0, 0.1) is 5.41 Å². The number of aromatic nitrogens is 2. The second-order valence-corrected chi connectivity index (χ2v) is 24.3. The first kappa shape index (κ1) is 68.9. The SMILES string of the molecule is NCCCC[C@@H](N)C(=O)N[C@H](CCCCN)C(=O)N[C@H](Cc1c[nH]c2ccccc12)C(=O)NCC(Cc1ccc2ccccc2c1)(Cc1ccc2ccccc2c1)C(=O)N[C@@H](Cc1c[nH]c2ccccc12)C(=O)N[C@@H](CCCCN)C(=O)N[C@@H](CCCCN)C(N)=O. The van der Waals surface area contributed by atoms with Crippen LogP contribution in [0.3, 0.4) is 0 Å². The van der Waals surface area contributed by atoms with Gasteiger partial charge in [0, 0.05) is 53.6 Å². The van der Waals surface area contributed by atoms with Gasteiger partial charge in [-0.15, -0.1) is 0 Å². The molecular formula is C71H92N14O7. The maximum Gasteiger partial charge on any atom is 0.243 e. The van der Waals surface area contributed by atoms with Gasteiger partial charge in [-0.1, -0.05) is 128 Å². The molecule has 6 aromatic carbocycles. The molecule has 0 bridgehead atoms. The predicted octanol–water partition coefficient (Wildman–Crippen LogP) is 5.08. The molecule has 0 aliphatic heterocycles. The Hall–Kier alpha value is -8.99. The molecular weight excluding hydrogens is 1160 g/mol. The van der Waals surface area contributed by atoms with Gasteiger partial charge in [-0.25, -0.2) is 0 Å². The molecule has 488 valence electrons. The highest BCUT2D eigenvalue weighted by Crippen LogP contribution is 2.33. The lowest BCUT2D eigenvalue weighted by Crippen LogP contribution is -2.60. The van der Waals surface area contributed by atoms with Gasteiger partial charge in [0.05, 0.1) is 11.5 Å². The van der Waals surface area contributed by atoms with E-state index in [4.69, 9.17) is 34.4 Å². The van der Waals surface area contributed by atoms with E-state index in [1.165, 1.54) is 0 Å². The summed E-state index contributed by atoms with van der Waals surface area (Å²) in [5.41, 5.74) is 38.4. The van der Waals surface area contributed by atoms with Crippen molar-refractivity contribution in [1.29, 1.82) is 0 Å². The molecule has 0 unspecified atom stereocenters. The summed E-state index contributed by atoms with van der Waals surface area (Å²) in [6.45, 7) is 1.19. The van der Waals surface area contributed by atoms with E-state index in [-0.39, 0.29) is 51.5 Å². The number of hydrogen-bond donors (Lipinski definition) is 14. The van der Waals surface area contributed by atoms with E-state index in [1.807, 2.05) is 133 Å². The number of para-hydroxylation sites is 2. The summed E-state index contributed by atoms with van der Waals surface area (Å²) < 4.78 is 0. The summed E-state index contributed by atoms with van der Waals surface area (Å²) in [7, 11) is 0. The Balaban J connectivity index is 1.22. The van der Waals surface area contributed by atoms with Gasteiger partial charge in [-0.3, -0.25) is 33.6 Å². The van der Waals surface area contributed by atoms with Crippen molar-refractivity contribution in [2.24, 2.45) is 39.8 Å². The molecule has 20 N–H and O–H groups in total. The molecule has 2 aromatic heterocycles. The number of hydrogen-bond acceptors (Lipinski definition) is 12. The molecule has 92 heavy (non-hydrogen) atoms. The van der Waals surface area contributed by atoms with Crippen LogP contribution in [0.4, 0.5) is 0 Å². The number of H-pyrrole nitrogens is 2. The first-order chi connectivity index (χ1) is 44.6. The number of unbranched alkanes of at least 4 members (excludes halogenated alkanes) is 4. The number of benzene rings is 6. The largest absolute Gasteiger partial charge is 0.368 e. The van der Waals surface area contributed by atoms with Gasteiger partial charge in [0.15, 0.2) is 0 Å². The summed E-state index contributed by atoms with van der Waals surface area (Å²) in [5, 5.41) is 23.4. The van der Waals surface area contributed by atoms with E-state index in [0.717, 1.165) is 60.0 Å². The summed E-state index contributed by atoms with van der Waals surface area (Å²) in [4.78, 5) is 110. The van der Waals surface area contributed by atoms with Crippen LogP contribution < -0.4 is 66.3 Å². The van der Waals surface area contributed by atoms with E-state index >= 15 is 14.4 Å². The van der Waals surface area contributed by atoms with Gasteiger partial charge in [0.25, 0.3) is 0 Å². The van der Waals surface area contributed by atoms with Crippen LogP contribution in [-0.2, 0) is 59.2 Å². The molecule has 0 saturated heterocycles. The Labute approximate surface area is 537 Å². The maximum atomic E-state index is 16.6. The molecule has 2 heterocycles. The minimum atomic E-state index is -1.62. The molecule has 0 spiro atoms. The molecule has 0 fully saturated rings. The number of rotatable bonds is 38. The Morgan fingerprint density at radius 3 is 1.28 bits per heavy atom. The van der Waals surface area contributed by atoms with E-state index < -0.39 is 83.0 Å². The van der Waals surface area contributed by atoms with E-state index in [2.05, 4.69) is 41.9 Å². The number of nitrogens with two attached hydrogens (primary N) is 6. The van der Waals surface area contributed by atoms with Gasteiger partial charge in [-0.05, 0) is 166 Å². The van der Waals surface area contributed by atoms with Crippen LogP contribution in [-0.4, -0.2) is 120 Å². The number of carbonyl (C=O) groups excluding carboxylic acids is 7. The third-order valence-corrected chi connectivity index (χ3v) is 17.3. The highest BCUT2D eigenvalue weighted by molar-refractivity contribution is 5.97. The molecule has 21 nitrogen and oxygen atoms in total. The van der Waals surface area contributed by atoms with Crippen LogP contribution in [0.5, 0.6) is 0 Å². The average molecular weight is 1250 g/mol. The molecule has 0 radical (unpaired) electrons. The highest BCUT2D eigenvalue weighted by atomic mass is 16.2. The first-order valence-corrected chi connectivity index (χ1v) is 32.3. The van der Waals surface area contributed by atoms with Crippen LogP contribution >= 0.6 is 0 Å². The number of carbonyl (C=O) groups is 7. The van der Waals surface area contributed by atoms with E-state index in [1.54, 1.807) is 12.4 Å². The summed E-state index contributed by atoms with van der Waals surface area (Å²) >= 11 is 0. The Morgan fingerprint density at radius 2 is 0.804 bits per heavy atom. The van der Waals surface area contributed by atoms with Crippen molar-refractivity contribution in [3.63, 3.8) is 0 Å². The smallest absolute Gasteiger partial charge is 0.243 e. The van der Waals surface area contributed by atoms with Crippen molar-refractivity contribution in [3.05, 3.63) is 168 Å². The quantitative estimate of drug-likeness (QED) is 0.0225. The second kappa shape index (κ2) is 34.4. The van der Waals surface area contributed by atoms with Crippen molar-refractivity contribution in [1.82, 2.24) is 41.9 Å². The van der Waals surface area contributed by atoms with Crippen molar-refractivity contribution in [2.75, 3.05) is 32.7 Å². The normalized spacial score (nSPS) is 13.6. The second-order valence-electron chi connectivity index (χ2n) is 24.3. The fourth-order valence-corrected chi connectivity index (χ4v) is 12.1. The molecule has 0 aliphatic carbocycles. The lowest BCUT2D eigenvalue weighted by Gasteiger charge is -2.36. The minimum Gasteiger partial charge on any atom is -0.368 e. The summed E-state index contributed by atoms with van der Waals surface area (Å²) in [6.07, 6.45) is 9.00. The average Bonchev–Trinajstić information content (AvgIpc) is 1.17. The molecule has 7 amide bonds. The standard InChI is InChI=1S/C71H92N14O7/c72-33-13-9-23-56(76)65(87)82-60(27-11-15-35-74)68(90)84-62(39-52-43-78-57-24-7-5-21-54(52)57)66(88)80-45-71(41-46-29-31-48-17-1-3-19-50(48)37-46,42-47-30-32-49-18-2-4-20-51(49)38-47)70(92)85-63(40-53-44-79-58-25-8-6-22-55(53)58)69(91)83-61(28-12-16-36-75)67(89)81-59(64(77)86)26-10-14-34-73/h1-8,17-22,24-25,29-32,37-38,43-44,56,59-63,78-79H,9-16,23,26-28,33-36,39-42,45,72-76H2,(H2,77,86)(H,80,88)(H,81,89)(H,82,87)(H,83,91)(H,84,90)(H,85,92)/t56-,59+,60-,61+,62-,63+/m1/s1. The van der Waals surface area contributed by atoms with Crippen molar-refractivity contribution in [3.8, 4) is 0 Å². The van der Waals surface area contributed by atoms with Gasteiger partial charge >= 0.3 is 0 Å². The summed E-state index contributed by atoms with van der Waals surface area (Å²) in [5.74, 6) is -4.40.